The van der Waals surface area contributed by atoms with Gasteiger partial charge >= 0.3 is 0 Å². The van der Waals surface area contributed by atoms with Gasteiger partial charge in [-0.1, -0.05) is 0 Å². The van der Waals surface area contributed by atoms with Crippen LogP contribution < -0.4 is 4.74 Å². The number of hydrogen-bond donors (Lipinski definition) is 0. The molecule has 0 aliphatic rings. The van der Waals surface area contributed by atoms with Gasteiger partial charge in [0, 0.05) is 6.07 Å². The summed E-state index contributed by atoms with van der Waals surface area (Å²) in [5, 5.41) is 0. The first-order valence-corrected chi connectivity index (χ1v) is 3.12. The number of methoxy groups -OCH3 is 1. The van der Waals surface area contributed by atoms with E-state index in [4.69, 9.17) is 0 Å². The van der Waals surface area contributed by atoms with Crippen LogP contribution in [0.5, 0.6) is 5.75 Å². The third-order valence-corrected chi connectivity index (χ3v) is 1.28. The standard InChI is InChI=1S/C7H6F3NO/c1-12-5-2-4(8)3-11-6(5)7(9)10/h2-3,7H,1H3. The van der Waals surface area contributed by atoms with E-state index < -0.39 is 17.9 Å². The lowest BCUT2D eigenvalue weighted by molar-refractivity contribution is 0.141. The lowest BCUT2D eigenvalue weighted by Crippen LogP contribution is -1.96. The number of halogens is 3. The number of pyridine rings is 1. The van der Waals surface area contributed by atoms with Gasteiger partial charge < -0.3 is 4.74 Å². The molecule has 1 aromatic heterocycles. The predicted molar refractivity (Wildman–Crippen MR) is 35.7 cm³/mol. The third kappa shape index (κ3) is 1.66. The van der Waals surface area contributed by atoms with E-state index in [0.717, 1.165) is 12.3 Å². The van der Waals surface area contributed by atoms with Crippen LogP contribution in [0.3, 0.4) is 0 Å². The molecule has 0 saturated carbocycles. The quantitative estimate of drug-likeness (QED) is 0.690. The molecule has 0 amide bonds. The number of alkyl halides is 2. The number of hydrogen-bond acceptors (Lipinski definition) is 2. The highest BCUT2D eigenvalue weighted by Gasteiger charge is 2.15. The molecule has 0 N–H and O–H groups in total. The summed E-state index contributed by atoms with van der Waals surface area (Å²) in [7, 11) is 1.18. The molecule has 0 aliphatic heterocycles. The number of nitrogens with zero attached hydrogens (tertiary/aromatic N) is 1. The Morgan fingerprint density at radius 1 is 1.50 bits per heavy atom. The molecule has 0 atom stereocenters. The Labute approximate surface area is 67.0 Å². The Kier molecular flexibility index (Phi) is 2.52. The van der Waals surface area contributed by atoms with Crippen molar-refractivity contribution in [3.8, 4) is 5.75 Å². The highest BCUT2D eigenvalue weighted by atomic mass is 19.3. The van der Waals surface area contributed by atoms with Crippen LogP contribution in [0.2, 0.25) is 0 Å². The minimum absolute atomic E-state index is 0.231. The van der Waals surface area contributed by atoms with Crippen LogP contribution in [0, 0.1) is 5.82 Å². The summed E-state index contributed by atoms with van der Waals surface area (Å²) in [6, 6.07) is 0.870. The first-order chi connectivity index (χ1) is 5.65. The topological polar surface area (TPSA) is 22.1 Å². The van der Waals surface area contributed by atoms with Crippen molar-refractivity contribution in [2.45, 2.75) is 6.43 Å². The minimum Gasteiger partial charge on any atom is -0.495 e. The fraction of sp³-hybridized carbons (Fsp3) is 0.286. The van der Waals surface area contributed by atoms with Crippen molar-refractivity contribution in [2.24, 2.45) is 0 Å². The highest BCUT2D eigenvalue weighted by molar-refractivity contribution is 5.28. The average Bonchev–Trinajstić information content (AvgIpc) is 2.03. The summed E-state index contributed by atoms with van der Waals surface area (Å²) in [6.45, 7) is 0. The monoisotopic (exact) mass is 177 g/mol. The van der Waals surface area contributed by atoms with Gasteiger partial charge in [0.2, 0.25) is 0 Å². The molecule has 1 heterocycles. The molecule has 0 spiro atoms. The van der Waals surface area contributed by atoms with Crippen molar-refractivity contribution in [1.82, 2.24) is 4.98 Å². The molecule has 1 rings (SSSR count). The Bertz CT molecular complexity index is 277. The molecular formula is C7H6F3NO. The molecule has 0 fully saturated rings. The fourth-order valence-corrected chi connectivity index (χ4v) is 0.759. The normalized spacial score (nSPS) is 10.4. The van der Waals surface area contributed by atoms with E-state index in [2.05, 4.69) is 9.72 Å². The van der Waals surface area contributed by atoms with Gasteiger partial charge in [-0.2, -0.15) is 0 Å². The summed E-state index contributed by atoms with van der Waals surface area (Å²) in [5.41, 5.74) is -0.543. The Hall–Kier alpha value is -1.26. The molecule has 0 unspecified atom stereocenters. The van der Waals surface area contributed by atoms with Crippen LogP contribution in [0.4, 0.5) is 13.2 Å². The molecule has 0 bridgehead atoms. The lowest BCUT2D eigenvalue weighted by Gasteiger charge is -2.05. The summed E-state index contributed by atoms with van der Waals surface area (Å²) >= 11 is 0. The van der Waals surface area contributed by atoms with E-state index in [1.807, 2.05) is 0 Å². The van der Waals surface area contributed by atoms with Crippen LogP contribution in [-0.4, -0.2) is 12.1 Å². The highest BCUT2D eigenvalue weighted by Crippen LogP contribution is 2.26. The van der Waals surface area contributed by atoms with Gasteiger partial charge in [0.15, 0.2) is 0 Å². The molecule has 1 aromatic rings. The van der Waals surface area contributed by atoms with Crippen molar-refractivity contribution in [2.75, 3.05) is 7.11 Å². The molecule has 0 saturated heterocycles. The van der Waals surface area contributed by atoms with Crippen molar-refractivity contribution in [1.29, 1.82) is 0 Å². The summed E-state index contributed by atoms with van der Waals surface area (Å²) in [4.78, 5) is 3.20. The van der Waals surface area contributed by atoms with Crippen molar-refractivity contribution < 1.29 is 17.9 Å². The smallest absolute Gasteiger partial charge is 0.284 e. The zero-order valence-corrected chi connectivity index (χ0v) is 6.22. The largest absolute Gasteiger partial charge is 0.495 e. The lowest BCUT2D eigenvalue weighted by atomic mass is 10.3. The van der Waals surface area contributed by atoms with Crippen molar-refractivity contribution >= 4 is 0 Å². The number of rotatable bonds is 2. The molecule has 2 nitrogen and oxygen atoms in total. The van der Waals surface area contributed by atoms with Gasteiger partial charge in [-0.25, -0.2) is 18.2 Å². The van der Waals surface area contributed by atoms with Crippen molar-refractivity contribution in [3.63, 3.8) is 0 Å². The molecule has 12 heavy (non-hydrogen) atoms. The maximum Gasteiger partial charge on any atom is 0.284 e. The van der Waals surface area contributed by atoms with E-state index in [1.165, 1.54) is 7.11 Å². The van der Waals surface area contributed by atoms with Gasteiger partial charge in [0.05, 0.1) is 13.3 Å². The first kappa shape index (κ1) is 8.83. The second-order valence-electron chi connectivity index (χ2n) is 2.04. The SMILES string of the molecule is COc1cc(F)cnc1C(F)F. The van der Waals surface area contributed by atoms with E-state index in [9.17, 15) is 13.2 Å². The summed E-state index contributed by atoms with van der Waals surface area (Å²) in [5.74, 6) is -0.929. The third-order valence-electron chi connectivity index (χ3n) is 1.28. The number of ether oxygens (including phenoxy) is 1. The van der Waals surface area contributed by atoms with Gasteiger partial charge in [-0.15, -0.1) is 0 Å². The van der Waals surface area contributed by atoms with E-state index in [-0.39, 0.29) is 5.75 Å². The van der Waals surface area contributed by atoms with E-state index in [0.29, 0.717) is 0 Å². The zero-order valence-electron chi connectivity index (χ0n) is 6.22. The average molecular weight is 177 g/mol. The van der Waals surface area contributed by atoms with Crippen LogP contribution >= 0.6 is 0 Å². The molecule has 0 radical (unpaired) electrons. The van der Waals surface area contributed by atoms with E-state index >= 15 is 0 Å². The summed E-state index contributed by atoms with van der Waals surface area (Å²) < 4.78 is 41.1. The Balaban J connectivity index is 3.11. The second kappa shape index (κ2) is 3.42. The molecule has 5 heteroatoms. The maximum absolute atomic E-state index is 12.4. The minimum atomic E-state index is -2.75. The van der Waals surface area contributed by atoms with Crippen molar-refractivity contribution in [3.05, 3.63) is 23.8 Å². The molecule has 66 valence electrons. The number of aromatic nitrogens is 1. The predicted octanol–water partition coefficient (Wildman–Crippen LogP) is 2.17. The Morgan fingerprint density at radius 3 is 2.67 bits per heavy atom. The molecular weight excluding hydrogens is 171 g/mol. The van der Waals surface area contributed by atoms with E-state index in [1.54, 1.807) is 0 Å². The second-order valence-corrected chi connectivity index (χ2v) is 2.04. The van der Waals surface area contributed by atoms with Gasteiger partial charge in [-0.3, -0.25) is 0 Å². The fourth-order valence-electron chi connectivity index (χ4n) is 0.759. The van der Waals surface area contributed by atoms with Crippen LogP contribution in [-0.2, 0) is 0 Å². The summed E-state index contributed by atoms with van der Waals surface area (Å²) in [6.07, 6.45) is -2.02. The maximum atomic E-state index is 12.4. The van der Waals surface area contributed by atoms with Gasteiger partial charge in [0.1, 0.15) is 17.3 Å². The zero-order chi connectivity index (χ0) is 9.14. The van der Waals surface area contributed by atoms with Crippen LogP contribution in [0.25, 0.3) is 0 Å². The van der Waals surface area contributed by atoms with Gasteiger partial charge in [-0.05, 0) is 0 Å². The van der Waals surface area contributed by atoms with Crippen LogP contribution in [0.15, 0.2) is 12.3 Å². The molecule has 0 aliphatic carbocycles. The molecule has 0 aromatic carbocycles. The first-order valence-electron chi connectivity index (χ1n) is 3.12. The Morgan fingerprint density at radius 2 is 2.17 bits per heavy atom. The van der Waals surface area contributed by atoms with Crippen LogP contribution in [0.1, 0.15) is 12.1 Å². The van der Waals surface area contributed by atoms with Gasteiger partial charge in [0.25, 0.3) is 6.43 Å².